The van der Waals surface area contributed by atoms with Crippen molar-refractivity contribution in [3.63, 3.8) is 0 Å². The van der Waals surface area contributed by atoms with E-state index in [9.17, 15) is 4.79 Å². The fourth-order valence-electron chi connectivity index (χ4n) is 2.97. The molecule has 0 radical (unpaired) electrons. The van der Waals surface area contributed by atoms with Crippen LogP contribution < -0.4 is 20.1 Å². The molecule has 2 aromatic carbocycles. The Balaban J connectivity index is 1.92. The van der Waals surface area contributed by atoms with E-state index in [1.54, 1.807) is 24.1 Å². The first-order chi connectivity index (χ1) is 11.5. The molecule has 0 saturated carbocycles. The van der Waals surface area contributed by atoms with Gasteiger partial charge in [-0.05, 0) is 49.7 Å². The summed E-state index contributed by atoms with van der Waals surface area (Å²) < 4.78 is 11.2. The Hall–Kier alpha value is -2.69. The van der Waals surface area contributed by atoms with Crippen molar-refractivity contribution in [1.82, 2.24) is 0 Å². The third-order valence-electron chi connectivity index (χ3n) is 4.10. The summed E-state index contributed by atoms with van der Waals surface area (Å²) in [5.74, 6) is 1.40. The van der Waals surface area contributed by atoms with Crippen LogP contribution in [0.1, 0.15) is 19.4 Å². The third kappa shape index (κ3) is 3.02. The van der Waals surface area contributed by atoms with E-state index < -0.39 is 6.10 Å². The normalized spacial score (nSPS) is 16.8. The lowest BCUT2D eigenvalue weighted by Crippen LogP contribution is -2.50. The fraction of sp³-hybridized carbons (Fsp3) is 0.316. The van der Waals surface area contributed by atoms with Gasteiger partial charge in [0.1, 0.15) is 11.5 Å². The number of hydrogen-bond donors (Lipinski definition) is 1. The van der Waals surface area contributed by atoms with Gasteiger partial charge in [0.15, 0.2) is 6.10 Å². The fourth-order valence-corrected chi connectivity index (χ4v) is 2.97. The van der Waals surface area contributed by atoms with Crippen LogP contribution in [0.5, 0.6) is 11.5 Å². The summed E-state index contributed by atoms with van der Waals surface area (Å²) in [6.45, 7) is 3.97. The molecule has 1 aliphatic rings. The number of methoxy groups -OCH3 is 1. The minimum Gasteiger partial charge on any atom is -0.497 e. The minimum atomic E-state index is -0.560. The highest BCUT2D eigenvalue weighted by atomic mass is 16.5. The van der Waals surface area contributed by atoms with Crippen molar-refractivity contribution in [2.24, 2.45) is 0 Å². The first-order valence-electron chi connectivity index (χ1n) is 8.01. The summed E-state index contributed by atoms with van der Waals surface area (Å²) in [6, 6.07) is 13.1. The van der Waals surface area contributed by atoms with Crippen molar-refractivity contribution in [3.8, 4) is 11.5 Å². The maximum absolute atomic E-state index is 12.9. The Morgan fingerprint density at radius 3 is 2.75 bits per heavy atom. The van der Waals surface area contributed by atoms with Gasteiger partial charge in [-0.25, -0.2) is 0 Å². The smallest absolute Gasteiger partial charge is 0.268 e. The second kappa shape index (κ2) is 6.43. The molecule has 0 fully saturated rings. The topological polar surface area (TPSA) is 64.8 Å². The van der Waals surface area contributed by atoms with Gasteiger partial charge in [-0.1, -0.05) is 12.1 Å². The second-order valence-electron chi connectivity index (χ2n) is 6.19. The van der Waals surface area contributed by atoms with E-state index in [0.717, 1.165) is 17.0 Å². The summed E-state index contributed by atoms with van der Waals surface area (Å²) >= 11 is 0. The van der Waals surface area contributed by atoms with Gasteiger partial charge in [0.25, 0.3) is 5.91 Å². The number of amides is 1. The molecule has 5 heteroatoms. The molecule has 24 heavy (non-hydrogen) atoms. The third-order valence-corrected chi connectivity index (χ3v) is 4.10. The highest BCUT2D eigenvalue weighted by molar-refractivity contribution is 6.01. The molecule has 0 aliphatic carbocycles. The van der Waals surface area contributed by atoms with Gasteiger partial charge in [-0.2, -0.15) is 0 Å². The van der Waals surface area contributed by atoms with Crippen molar-refractivity contribution < 1.29 is 14.3 Å². The number of hydrogen-bond acceptors (Lipinski definition) is 4. The molecule has 2 N–H and O–H groups in total. The predicted octanol–water partition coefficient (Wildman–Crippen LogP) is 3.02. The largest absolute Gasteiger partial charge is 0.497 e. The van der Waals surface area contributed by atoms with Crippen molar-refractivity contribution in [1.29, 1.82) is 0 Å². The number of carbonyl (C=O) groups excluding carboxylic acids is 1. The average Bonchev–Trinajstić information content (AvgIpc) is 2.55. The Kier molecular flexibility index (Phi) is 4.34. The van der Waals surface area contributed by atoms with Crippen molar-refractivity contribution in [3.05, 3.63) is 48.0 Å². The van der Waals surface area contributed by atoms with Crippen molar-refractivity contribution >= 4 is 17.3 Å². The highest BCUT2D eigenvalue weighted by Crippen LogP contribution is 2.37. The van der Waals surface area contributed by atoms with Crippen LogP contribution in [0.2, 0.25) is 0 Å². The highest BCUT2D eigenvalue weighted by Gasteiger charge is 2.36. The van der Waals surface area contributed by atoms with E-state index in [1.165, 1.54) is 0 Å². The monoisotopic (exact) mass is 326 g/mol. The molecule has 126 valence electrons. The maximum Gasteiger partial charge on any atom is 0.268 e. The summed E-state index contributed by atoms with van der Waals surface area (Å²) in [7, 11) is 1.63. The minimum absolute atomic E-state index is 0.0229. The van der Waals surface area contributed by atoms with Crippen LogP contribution >= 0.6 is 0 Å². The van der Waals surface area contributed by atoms with Crippen LogP contribution in [-0.2, 0) is 11.2 Å². The first kappa shape index (κ1) is 16.2. The molecule has 3 rings (SSSR count). The molecule has 0 bridgehead atoms. The molecule has 2 aromatic rings. The lowest BCUT2D eigenvalue weighted by atomic mass is 10.0. The number of nitrogens with two attached hydrogens (primary N) is 1. The number of nitrogen functional groups attached to an aromatic ring is 1. The standard InChI is InChI=1S/C19H22N2O3/c1-12(2)21-16-11-14(20)7-8-17(16)24-18(19(21)22)10-13-5-4-6-15(9-13)23-3/h4-9,11-12,18H,10,20H2,1-3H3. The zero-order chi connectivity index (χ0) is 17.3. The molecule has 5 nitrogen and oxygen atoms in total. The summed E-state index contributed by atoms with van der Waals surface area (Å²) in [6.07, 6.45) is -0.0704. The molecule has 0 aromatic heterocycles. The number of ether oxygens (including phenoxy) is 2. The van der Waals surface area contributed by atoms with E-state index in [1.807, 2.05) is 44.2 Å². The molecular weight excluding hydrogens is 304 g/mol. The molecule has 0 spiro atoms. The van der Waals surface area contributed by atoms with Crippen molar-refractivity contribution in [2.75, 3.05) is 17.7 Å². The van der Waals surface area contributed by atoms with Gasteiger partial charge in [-0.3, -0.25) is 4.79 Å². The second-order valence-corrected chi connectivity index (χ2v) is 6.19. The molecule has 1 heterocycles. The maximum atomic E-state index is 12.9. The van der Waals surface area contributed by atoms with Crippen LogP contribution in [0.3, 0.4) is 0 Å². The number of benzene rings is 2. The Morgan fingerprint density at radius 1 is 1.25 bits per heavy atom. The van der Waals surface area contributed by atoms with E-state index in [4.69, 9.17) is 15.2 Å². The zero-order valence-electron chi connectivity index (χ0n) is 14.2. The van der Waals surface area contributed by atoms with E-state index in [-0.39, 0.29) is 11.9 Å². The lowest BCUT2D eigenvalue weighted by molar-refractivity contribution is -0.126. The van der Waals surface area contributed by atoms with Gasteiger partial charge >= 0.3 is 0 Å². The van der Waals surface area contributed by atoms with Gasteiger partial charge < -0.3 is 20.1 Å². The number of fused-ring (bicyclic) bond motifs is 1. The predicted molar refractivity (Wildman–Crippen MR) is 94.6 cm³/mol. The molecule has 0 saturated heterocycles. The van der Waals surface area contributed by atoms with Gasteiger partial charge in [-0.15, -0.1) is 0 Å². The Bertz CT molecular complexity index is 758. The number of nitrogens with zero attached hydrogens (tertiary/aromatic N) is 1. The Labute approximate surface area is 142 Å². The summed E-state index contributed by atoms with van der Waals surface area (Å²) in [5.41, 5.74) is 8.21. The first-order valence-corrected chi connectivity index (χ1v) is 8.01. The molecule has 1 atom stereocenters. The van der Waals surface area contributed by atoms with Gasteiger partial charge in [0.2, 0.25) is 0 Å². The number of anilines is 2. The SMILES string of the molecule is COc1cccc(CC2Oc3ccc(N)cc3N(C(C)C)C2=O)c1. The van der Waals surface area contributed by atoms with E-state index >= 15 is 0 Å². The Morgan fingerprint density at radius 2 is 2.04 bits per heavy atom. The molecule has 1 aliphatic heterocycles. The molecular formula is C19H22N2O3. The van der Waals surface area contributed by atoms with Crippen LogP contribution in [0.15, 0.2) is 42.5 Å². The average molecular weight is 326 g/mol. The summed E-state index contributed by atoms with van der Waals surface area (Å²) in [5, 5.41) is 0. The lowest BCUT2D eigenvalue weighted by Gasteiger charge is -2.37. The van der Waals surface area contributed by atoms with Crippen LogP contribution in [0.4, 0.5) is 11.4 Å². The van der Waals surface area contributed by atoms with E-state index in [2.05, 4.69) is 0 Å². The molecule has 1 amide bonds. The summed E-state index contributed by atoms with van der Waals surface area (Å²) in [4.78, 5) is 14.7. The zero-order valence-corrected chi connectivity index (χ0v) is 14.2. The molecule has 1 unspecified atom stereocenters. The van der Waals surface area contributed by atoms with Crippen LogP contribution in [0, 0.1) is 0 Å². The number of rotatable bonds is 4. The van der Waals surface area contributed by atoms with Gasteiger partial charge in [0, 0.05) is 18.2 Å². The van der Waals surface area contributed by atoms with Crippen LogP contribution in [0.25, 0.3) is 0 Å². The van der Waals surface area contributed by atoms with Crippen molar-refractivity contribution in [2.45, 2.75) is 32.4 Å². The quantitative estimate of drug-likeness (QED) is 0.877. The van der Waals surface area contributed by atoms with E-state index in [0.29, 0.717) is 17.9 Å². The van der Waals surface area contributed by atoms with Gasteiger partial charge in [0.05, 0.1) is 12.8 Å². The number of carbonyl (C=O) groups is 1. The van der Waals surface area contributed by atoms with Crippen LogP contribution in [-0.4, -0.2) is 25.2 Å².